The Morgan fingerprint density at radius 3 is 2.41 bits per heavy atom. The summed E-state index contributed by atoms with van der Waals surface area (Å²) in [4.78, 5) is 36.3. The minimum atomic E-state index is -0.754. The van der Waals surface area contributed by atoms with Crippen LogP contribution in [-0.2, 0) is 13.0 Å². The number of methoxy groups -OCH3 is 2. The third kappa shape index (κ3) is 5.93. The van der Waals surface area contributed by atoms with Crippen LogP contribution in [0.15, 0.2) is 53.3 Å². The van der Waals surface area contributed by atoms with Gasteiger partial charge in [-0.25, -0.2) is 4.98 Å². The molecule has 0 bridgehead atoms. The first-order chi connectivity index (χ1) is 16.3. The zero-order chi connectivity index (χ0) is 24.7. The monoisotopic (exact) mass is 466 g/mol. The Bertz CT molecular complexity index is 1180. The molecule has 3 aromatic rings. The number of ether oxygens (including phenoxy) is 2. The molecule has 1 heterocycles. The fraction of sp³-hybridized carbons (Fsp3) is 0.320. The first kappa shape index (κ1) is 24.8. The highest BCUT2D eigenvalue weighted by Crippen LogP contribution is 2.32. The molecule has 0 aliphatic rings. The van der Waals surface area contributed by atoms with Crippen LogP contribution in [0, 0.1) is 0 Å². The Morgan fingerprint density at radius 2 is 1.76 bits per heavy atom. The topological polar surface area (TPSA) is 108 Å². The summed E-state index contributed by atoms with van der Waals surface area (Å²) >= 11 is 0. The van der Waals surface area contributed by atoms with Gasteiger partial charge >= 0.3 is 0 Å². The predicted octanol–water partition coefficient (Wildman–Crippen LogP) is 2.29. The molecule has 0 aliphatic carbocycles. The molecule has 180 valence electrons. The van der Waals surface area contributed by atoms with Crippen LogP contribution in [0.2, 0.25) is 0 Å². The second-order valence-corrected chi connectivity index (χ2v) is 8.05. The number of hydrogen-bond donors (Lipinski definition) is 2. The first-order valence-electron chi connectivity index (χ1n) is 10.8. The molecule has 0 saturated heterocycles. The van der Waals surface area contributed by atoms with Crippen LogP contribution in [0.5, 0.6) is 17.2 Å². The number of carbonyl (C=O) groups is 1. The smallest absolute Gasteiger partial charge is 0.293 e. The van der Waals surface area contributed by atoms with Crippen molar-refractivity contribution in [2.24, 2.45) is 0 Å². The number of carbonyl (C=O) groups excluding carboxylic acids is 1. The standard InChI is InChI=1S/C25H30N4O5/c1-28(2)13-14-29(16-18-11-8-12-19(33-3)23(18)34-4)25(32)21-22(30)24(31)27-20(26-21)15-17-9-6-5-7-10-17/h5-12,30H,13-16H2,1-4H3,(H,26,27,31). The van der Waals surface area contributed by atoms with Crippen molar-refractivity contribution in [1.82, 2.24) is 19.8 Å². The molecule has 0 atom stereocenters. The summed E-state index contributed by atoms with van der Waals surface area (Å²) in [6, 6.07) is 14.9. The second-order valence-electron chi connectivity index (χ2n) is 8.05. The molecular formula is C25H30N4O5. The van der Waals surface area contributed by atoms with E-state index in [1.165, 1.54) is 12.0 Å². The van der Waals surface area contributed by atoms with Crippen LogP contribution >= 0.6 is 0 Å². The number of H-pyrrole nitrogens is 1. The maximum Gasteiger partial charge on any atom is 0.293 e. The molecule has 9 heteroatoms. The summed E-state index contributed by atoms with van der Waals surface area (Å²) in [5.74, 6) is 0.102. The molecule has 3 rings (SSSR count). The summed E-state index contributed by atoms with van der Waals surface area (Å²) < 4.78 is 10.9. The van der Waals surface area contributed by atoms with Crippen LogP contribution in [0.1, 0.15) is 27.4 Å². The van der Waals surface area contributed by atoms with Gasteiger partial charge in [-0.2, -0.15) is 0 Å². The van der Waals surface area contributed by atoms with E-state index in [1.54, 1.807) is 13.2 Å². The molecule has 9 nitrogen and oxygen atoms in total. The zero-order valence-electron chi connectivity index (χ0n) is 19.9. The van der Waals surface area contributed by atoms with Gasteiger partial charge in [0.2, 0.25) is 5.75 Å². The van der Waals surface area contributed by atoms with E-state index < -0.39 is 17.2 Å². The van der Waals surface area contributed by atoms with E-state index in [9.17, 15) is 14.7 Å². The van der Waals surface area contributed by atoms with Crippen molar-refractivity contribution in [3.63, 3.8) is 0 Å². The predicted molar refractivity (Wildman–Crippen MR) is 129 cm³/mol. The van der Waals surface area contributed by atoms with Gasteiger partial charge in [0.25, 0.3) is 11.5 Å². The lowest BCUT2D eigenvalue weighted by Crippen LogP contribution is -2.37. The Kier molecular flexibility index (Phi) is 8.26. The molecule has 1 amide bonds. The normalized spacial score (nSPS) is 10.9. The van der Waals surface area contributed by atoms with Gasteiger partial charge in [0.1, 0.15) is 5.82 Å². The lowest BCUT2D eigenvalue weighted by Gasteiger charge is -2.25. The van der Waals surface area contributed by atoms with Gasteiger partial charge in [0.15, 0.2) is 17.2 Å². The van der Waals surface area contributed by atoms with E-state index in [0.29, 0.717) is 36.8 Å². The van der Waals surface area contributed by atoms with Crippen molar-refractivity contribution in [2.75, 3.05) is 41.4 Å². The van der Waals surface area contributed by atoms with Gasteiger partial charge in [0, 0.05) is 31.6 Å². The average molecular weight is 467 g/mol. The van der Waals surface area contributed by atoms with E-state index in [1.807, 2.05) is 61.5 Å². The van der Waals surface area contributed by atoms with Crippen molar-refractivity contribution in [3.05, 3.63) is 81.5 Å². The molecule has 34 heavy (non-hydrogen) atoms. The molecule has 2 N–H and O–H groups in total. The van der Waals surface area contributed by atoms with E-state index in [4.69, 9.17) is 9.47 Å². The summed E-state index contributed by atoms with van der Waals surface area (Å²) in [7, 11) is 6.88. The van der Waals surface area contributed by atoms with Gasteiger partial charge in [-0.05, 0) is 25.7 Å². The highest BCUT2D eigenvalue weighted by Gasteiger charge is 2.25. The summed E-state index contributed by atoms with van der Waals surface area (Å²) in [6.45, 7) is 1.09. The molecule has 0 saturated carbocycles. The van der Waals surface area contributed by atoms with Crippen molar-refractivity contribution < 1.29 is 19.4 Å². The summed E-state index contributed by atoms with van der Waals surface area (Å²) in [6.07, 6.45) is 0.318. The number of nitrogens with one attached hydrogen (secondary N) is 1. The number of hydrogen-bond acceptors (Lipinski definition) is 7. The molecule has 0 spiro atoms. The molecule has 0 radical (unpaired) electrons. The van der Waals surface area contributed by atoms with Crippen LogP contribution in [-0.4, -0.2) is 72.2 Å². The fourth-order valence-electron chi connectivity index (χ4n) is 3.54. The fourth-order valence-corrected chi connectivity index (χ4v) is 3.54. The lowest BCUT2D eigenvalue weighted by atomic mass is 10.1. The number of aromatic amines is 1. The van der Waals surface area contributed by atoms with Gasteiger partial charge < -0.3 is 29.4 Å². The molecule has 1 aromatic heterocycles. The Balaban J connectivity index is 1.97. The van der Waals surface area contributed by atoms with Crippen molar-refractivity contribution >= 4 is 5.91 Å². The van der Waals surface area contributed by atoms with Crippen LogP contribution in [0.25, 0.3) is 0 Å². The number of aromatic hydroxyl groups is 1. The quantitative estimate of drug-likeness (QED) is 0.472. The molecule has 0 unspecified atom stereocenters. The first-order valence-corrected chi connectivity index (χ1v) is 10.8. The number of rotatable bonds is 10. The molecule has 0 aliphatic heterocycles. The number of para-hydroxylation sites is 1. The van der Waals surface area contributed by atoms with Gasteiger partial charge in [-0.1, -0.05) is 42.5 Å². The number of nitrogens with zero attached hydrogens (tertiary/aromatic N) is 3. The lowest BCUT2D eigenvalue weighted by molar-refractivity contribution is 0.0720. The number of aromatic nitrogens is 2. The minimum absolute atomic E-state index is 0.176. The summed E-state index contributed by atoms with van der Waals surface area (Å²) in [5, 5.41) is 10.4. The number of likely N-dealkylation sites (N-methyl/N-ethyl adjacent to an activating group) is 1. The van der Waals surface area contributed by atoms with E-state index in [0.717, 1.165) is 11.1 Å². The zero-order valence-corrected chi connectivity index (χ0v) is 19.9. The largest absolute Gasteiger partial charge is 0.501 e. The highest BCUT2D eigenvalue weighted by atomic mass is 16.5. The molecular weight excluding hydrogens is 436 g/mol. The maximum atomic E-state index is 13.6. The van der Waals surface area contributed by atoms with Crippen LogP contribution < -0.4 is 15.0 Å². The average Bonchev–Trinajstić information content (AvgIpc) is 2.83. The SMILES string of the molecule is COc1cccc(CN(CCN(C)C)C(=O)c2nc(Cc3ccccc3)[nH]c(=O)c2O)c1OC. The second kappa shape index (κ2) is 11.3. The number of benzene rings is 2. The van der Waals surface area contributed by atoms with Crippen molar-refractivity contribution in [3.8, 4) is 17.2 Å². The Morgan fingerprint density at radius 1 is 1.03 bits per heavy atom. The van der Waals surface area contributed by atoms with Gasteiger partial charge in [-0.15, -0.1) is 0 Å². The third-order valence-corrected chi connectivity index (χ3v) is 5.31. The Labute approximate surface area is 198 Å². The van der Waals surface area contributed by atoms with Gasteiger partial charge in [-0.3, -0.25) is 9.59 Å². The maximum absolute atomic E-state index is 13.6. The van der Waals surface area contributed by atoms with Crippen molar-refractivity contribution in [1.29, 1.82) is 0 Å². The molecule has 0 fully saturated rings. The van der Waals surface area contributed by atoms with Crippen LogP contribution in [0.3, 0.4) is 0 Å². The molecule has 2 aromatic carbocycles. The van der Waals surface area contributed by atoms with Crippen molar-refractivity contribution in [2.45, 2.75) is 13.0 Å². The van der Waals surface area contributed by atoms with Crippen LogP contribution in [0.4, 0.5) is 0 Å². The Hall–Kier alpha value is -3.85. The number of amides is 1. The minimum Gasteiger partial charge on any atom is -0.501 e. The van der Waals surface area contributed by atoms with E-state index >= 15 is 0 Å². The van der Waals surface area contributed by atoms with Gasteiger partial charge in [0.05, 0.1) is 14.2 Å². The third-order valence-electron chi connectivity index (χ3n) is 5.31. The van der Waals surface area contributed by atoms with E-state index in [-0.39, 0.29) is 12.2 Å². The summed E-state index contributed by atoms with van der Waals surface area (Å²) in [5.41, 5.74) is 0.606. The van der Waals surface area contributed by atoms with E-state index in [2.05, 4.69) is 9.97 Å². The highest BCUT2D eigenvalue weighted by molar-refractivity contribution is 5.94.